The molecule has 1 aliphatic rings. The van der Waals surface area contributed by atoms with Crippen molar-refractivity contribution in [3.63, 3.8) is 0 Å². The van der Waals surface area contributed by atoms with Crippen molar-refractivity contribution < 1.29 is 35.4 Å². The monoisotopic (exact) mass is 472 g/mol. The van der Waals surface area contributed by atoms with E-state index in [4.69, 9.17) is 36.3 Å². The lowest BCUT2D eigenvalue weighted by Gasteiger charge is -2.13. The third-order valence-electron chi connectivity index (χ3n) is 4.18. The fraction of sp³-hybridized carbons (Fsp3) is 0.300. The number of hydrogen-bond donors (Lipinski definition) is 1. The minimum atomic E-state index is -6.09. The maximum Gasteiger partial charge on any atom is 0.485 e. The third kappa shape index (κ3) is 6.40. The summed E-state index contributed by atoms with van der Waals surface area (Å²) >= 11 is 5.15. The van der Waals surface area contributed by atoms with Gasteiger partial charge in [0.2, 0.25) is 17.8 Å². The number of ether oxygens (including phenoxy) is 1. The van der Waals surface area contributed by atoms with Crippen molar-refractivity contribution in [1.29, 1.82) is 0 Å². The number of nitrogens with one attached hydrogen (secondary N) is 1. The number of allylic oxidation sites excluding steroid dienone is 1. The van der Waals surface area contributed by atoms with Crippen molar-refractivity contribution in [1.82, 2.24) is 0 Å². The predicted octanol–water partition coefficient (Wildman–Crippen LogP) is 3.50. The normalized spacial score (nSPS) is 12.9. The second-order valence-corrected chi connectivity index (χ2v) is 8.05. The Morgan fingerprint density at radius 3 is 2.65 bits per heavy atom. The maximum absolute atomic E-state index is 10.7. The molecule has 11 heteroatoms. The highest BCUT2D eigenvalue weighted by Gasteiger charge is 2.36. The summed E-state index contributed by atoms with van der Waals surface area (Å²) in [7, 11) is -6.09. The first kappa shape index (κ1) is 24.6. The average molecular weight is 473 g/mol. The molecule has 0 atom stereocenters. The minimum Gasteiger partial charge on any atom is -0.741 e. The fourth-order valence-corrected chi connectivity index (χ4v) is 3.17. The van der Waals surface area contributed by atoms with Gasteiger partial charge in [0.15, 0.2) is 10.1 Å². The van der Waals surface area contributed by atoms with E-state index in [1.165, 1.54) is 11.3 Å². The summed E-state index contributed by atoms with van der Waals surface area (Å²) in [6, 6.07) is 8.41. The van der Waals surface area contributed by atoms with E-state index in [1.54, 1.807) is 0 Å². The molecule has 0 saturated heterocycles. The molecule has 0 amide bonds. The van der Waals surface area contributed by atoms with Crippen molar-refractivity contribution >= 4 is 50.2 Å². The predicted molar refractivity (Wildman–Crippen MR) is 114 cm³/mol. The van der Waals surface area contributed by atoms with Crippen molar-refractivity contribution in [2.24, 2.45) is 0 Å². The van der Waals surface area contributed by atoms with E-state index in [0.717, 1.165) is 29.4 Å². The molecule has 3 rings (SSSR count). The van der Waals surface area contributed by atoms with Gasteiger partial charge in [-0.05, 0) is 56.1 Å². The number of aryl methyl sites for hydroxylation is 1. The number of terminal acetylenes is 1. The fourth-order valence-electron chi connectivity index (χ4n) is 2.94. The van der Waals surface area contributed by atoms with Gasteiger partial charge in [-0.2, -0.15) is 17.7 Å². The van der Waals surface area contributed by atoms with Crippen LogP contribution >= 0.6 is 12.2 Å². The van der Waals surface area contributed by atoms with Gasteiger partial charge in [-0.25, -0.2) is 8.42 Å². The number of thiocarbonyl (C=S) groups is 1. The Morgan fingerprint density at radius 2 is 2.06 bits per heavy atom. The van der Waals surface area contributed by atoms with Gasteiger partial charge >= 0.3 is 5.51 Å². The molecule has 0 fully saturated rings. The van der Waals surface area contributed by atoms with Crippen LogP contribution in [0.4, 0.5) is 18.9 Å². The minimum absolute atomic E-state index is 0.393. The number of rotatable bonds is 3. The molecule has 0 unspecified atom stereocenters. The highest BCUT2D eigenvalue weighted by Crippen LogP contribution is 2.24. The molecule has 31 heavy (non-hydrogen) atoms. The summed E-state index contributed by atoms with van der Waals surface area (Å²) in [6.45, 7) is 3.03. The lowest BCUT2D eigenvalue weighted by Crippen LogP contribution is -2.39. The van der Waals surface area contributed by atoms with Crippen LogP contribution in [0.15, 0.2) is 30.3 Å². The van der Waals surface area contributed by atoms with Crippen LogP contribution in [-0.2, 0) is 27.8 Å². The Kier molecular flexibility index (Phi) is 8.00. The van der Waals surface area contributed by atoms with E-state index < -0.39 is 15.6 Å². The van der Waals surface area contributed by atoms with Crippen molar-refractivity contribution in [2.75, 3.05) is 11.9 Å². The first-order chi connectivity index (χ1) is 14.5. The Hall–Kier alpha value is -2.68. The van der Waals surface area contributed by atoms with Crippen LogP contribution in [0.2, 0.25) is 0 Å². The molecule has 1 N–H and O–H groups in total. The van der Waals surface area contributed by atoms with Gasteiger partial charge in [0.1, 0.15) is 0 Å². The van der Waals surface area contributed by atoms with E-state index in [0.29, 0.717) is 18.3 Å². The lowest BCUT2D eigenvalue weighted by atomic mass is 9.99. The van der Waals surface area contributed by atoms with Gasteiger partial charge in [0, 0.05) is 28.8 Å². The number of aromatic nitrogens is 1. The number of fused-ring (bicyclic) bond motifs is 2. The molecule has 0 radical (unpaired) electrons. The third-order valence-corrected chi connectivity index (χ3v) is 4.97. The highest BCUT2D eigenvalue weighted by molar-refractivity contribution is 7.86. The number of benzene rings is 1. The van der Waals surface area contributed by atoms with E-state index in [1.807, 2.05) is 13.0 Å². The molecular weight excluding hydrogens is 453 g/mol. The van der Waals surface area contributed by atoms with Crippen LogP contribution in [0.1, 0.15) is 24.6 Å². The zero-order chi connectivity index (χ0) is 23.2. The zero-order valence-corrected chi connectivity index (χ0v) is 18.0. The van der Waals surface area contributed by atoms with Crippen LogP contribution < -0.4 is 9.88 Å². The second kappa shape index (κ2) is 10.1. The molecule has 1 aliphatic carbocycles. The summed E-state index contributed by atoms with van der Waals surface area (Å²) in [5.74, 6) is 2.76. The Labute approximate surface area is 183 Å². The van der Waals surface area contributed by atoms with Crippen LogP contribution in [0.25, 0.3) is 17.0 Å². The van der Waals surface area contributed by atoms with Crippen molar-refractivity contribution in [2.45, 2.75) is 31.8 Å². The molecule has 0 spiro atoms. The van der Waals surface area contributed by atoms with Crippen LogP contribution in [-0.4, -0.2) is 30.3 Å². The van der Waals surface area contributed by atoms with E-state index in [-0.39, 0.29) is 0 Å². The number of alkyl halides is 3. The van der Waals surface area contributed by atoms with Gasteiger partial charge in [-0.3, -0.25) is 0 Å². The van der Waals surface area contributed by atoms with Crippen LogP contribution in [0, 0.1) is 12.3 Å². The first-order valence-corrected chi connectivity index (χ1v) is 10.8. The molecule has 1 aromatic heterocycles. The molecule has 0 bridgehead atoms. The summed E-state index contributed by atoms with van der Waals surface area (Å²) in [5.41, 5.74) is -1.05. The van der Waals surface area contributed by atoms with Crippen molar-refractivity contribution in [3.05, 3.63) is 41.6 Å². The molecule has 0 aliphatic heterocycles. The summed E-state index contributed by atoms with van der Waals surface area (Å²) in [4.78, 5) is 0. The summed E-state index contributed by atoms with van der Waals surface area (Å²) in [5, 5.41) is 4.66. The quantitative estimate of drug-likeness (QED) is 0.242. The van der Waals surface area contributed by atoms with Crippen molar-refractivity contribution in [3.8, 4) is 12.3 Å². The number of pyridine rings is 1. The molecule has 2 aromatic rings. The Bertz CT molecular complexity index is 1150. The number of halogens is 3. The molecule has 1 aromatic carbocycles. The number of anilines is 1. The largest absolute Gasteiger partial charge is 0.741 e. The number of hydrogen-bond acceptors (Lipinski definition) is 5. The maximum atomic E-state index is 10.7. The second-order valence-electron chi connectivity index (χ2n) is 6.31. The summed E-state index contributed by atoms with van der Waals surface area (Å²) < 4.78 is 66.4. The molecular formula is C20H19F3N2O4S2. The lowest BCUT2D eigenvalue weighted by molar-refractivity contribution is -0.660. The molecule has 0 saturated carbocycles. The SMILES string of the molecule is C#CC[n+]1c2c(cc3cc(NC(=S)OCC)ccc31)CCC=C2.O=S(=O)([O-])C(F)(F)F. The van der Waals surface area contributed by atoms with Gasteiger partial charge in [-0.1, -0.05) is 6.08 Å². The Morgan fingerprint density at radius 1 is 1.39 bits per heavy atom. The highest BCUT2D eigenvalue weighted by atomic mass is 32.2. The van der Waals surface area contributed by atoms with Gasteiger partial charge in [0.05, 0.1) is 6.61 Å². The van der Waals surface area contributed by atoms with Gasteiger partial charge < -0.3 is 14.6 Å². The molecule has 1 heterocycles. The smallest absolute Gasteiger partial charge is 0.485 e. The zero-order valence-electron chi connectivity index (χ0n) is 16.4. The van der Waals surface area contributed by atoms with E-state index in [9.17, 15) is 13.2 Å². The Balaban J connectivity index is 0.000000366. The first-order valence-electron chi connectivity index (χ1n) is 9.03. The standard InChI is InChI=1S/C19H18N2OS.CHF3O3S/c1-3-11-21-17-8-6-5-7-14(17)12-15-13-16(9-10-18(15)21)20-19(23)22-4-2;2-1(3,4)8(5,6)7/h1,6,8-10,12-13H,4-5,7,11H2,2H3;(H,5,6,7). The topological polar surface area (TPSA) is 82.3 Å². The van der Waals surface area contributed by atoms with Crippen LogP contribution in [0.3, 0.4) is 0 Å². The van der Waals surface area contributed by atoms with Crippen LogP contribution in [0.5, 0.6) is 0 Å². The number of nitrogens with zero attached hydrogens (tertiary/aromatic N) is 1. The van der Waals surface area contributed by atoms with Gasteiger partial charge in [-0.15, -0.1) is 6.42 Å². The van der Waals surface area contributed by atoms with Gasteiger partial charge in [0.25, 0.3) is 5.17 Å². The van der Waals surface area contributed by atoms with E-state index in [2.05, 4.69) is 46.2 Å². The summed E-state index contributed by atoms with van der Waals surface area (Å²) in [6.07, 6.45) is 12.1. The van der Waals surface area contributed by atoms with E-state index >= 15 is 0 Å². The molecule has 166 valence electrons. The molecule has 6 nitrogen and oxygen atoms in total. The average Bonchev–Trinajstić information content (AvgIpc) is 2.67.